The normalized spacial score (nSPS) is 22.0. The fraction of sp³-hybridized carbons (Fsp3) is 0.476. The third-order valence-electron chi connectivity index (χ3n) is 5.22. The van der Waals surface area contributed by atoms with Crippen LogP contribution >= 0.6 is 0 Å². The van der Waals surface area contributed by atoms with Crippen molar-refractivity contribution in [3.63, 3.8) is 0 Å². The lowest BCUT2D eigenvalue weighted by molar-refractivity contribution is -0.139. The molecule has 1 atom stereocenters. The van der Waals surface area contributed by atoms with E-state index in [-0.39, 0.29) is 17.1 Å². The first kappa shape index (κ1) is 17.6. The molecule has 25 heavy (non-hydrogen) atoms. The fourth-order valence-electron chi connectivity index (χ4n) is 3.77. The van der Waals surface area contributed by atoms with Gasteiger partial charge in [0.1, 0.15) is 5.71 Å². The number of fused-ring (bicyclic) bond motifs is 2. The topological polar surface area (TPSA) is 66.7 Å². The number of hydrogen-bond donors (Lipinski definition) is 1. The van der Waals surface area contributed by atoms with Gasteiger partial charge in [0.25, 0.3) is 0 Å². The number of ketones is 1. The number of benzene rings is 1. The predicted molar refractivity (Wildman–Crippen MR) is 98.8 cm³/mol. The van der Waals surface area contributed by atoms with Crippen molar-refractivity contribution in [2.45, 2.75) is 53.0 Å². The molecule has 1 aromatic carbocycles. The maximum Gasteiger partial charge on any atom is 0.328 e. The van der Waals surface area contributed by atoms with E-state index >= 15 is 0 Å². The van der Waals surface area contributed by atoms with Crippen molar-refractivity contribution in [1.29, 1.82) is 0 Å². The Morgan fingerprint density at radius 1 is 1.16 bits per heavy atom. The number of carboxylic acids is 1. The van der Waals surface area contributed by atoms with E-state index in [1.54, 1.807) is 0 Å². The Kier molecular flexibility index (Phi) is 4.40. The van der Waals surface area contributed by atoms with Crippen LogP contribution in [0, 0.1) is 11.3 Å². The van der Waals surface area contributed by atoms with Gasteiger partial charge in [-0.1, -0.05) is 52.0 Å². The van der Waals surface area contributed by atoms with Gasteiger partial charge in [-0.3, -0.25) is 9.79 Å². The van der Waals surface area contributed by atoms with Crippen LogP contribution < -0.4 is 0 Å². The second-order valence-corrected chi connectivity index (χ2v) is 8.18. The first-order chi connectivity index (χ1) is 11.7. The molecule has 0 bridgehead atoms. The van der Waals surface area contributed by atoms with Crippen LogP contribution in [0.25, 0.3) is 5.57 Å². The van der Waals surface area contributed by atoms with Crippen molar-refractivity contribution >= 4 is 23.0 Å². The molecule has 0 unspecified atom stereocenters. The van der Waals surface area contributed by atoms with Crippen LogP contribution in [-0.2, 0) is 9.59 Å². The first-order valence-electron chi connectivity index (χ1n) is 8.88. The molecule has 0 amide bonds. The Morgan fingerprint density at radius 2 is 1.80 bits per heavy atom. The summed E-state index contributed by atoms with van der Waals surface area (Å²) < 4.78 is 0. The minimum Gasteiger partial charge on any atom is -0.480 e. The third-order valence-corrected chi connectivity index (χ3v) is 5.22. The Balaban J connectivity index is 2.17. The SMILES string of the molecule is CC(C)[C@H](/N=C1\C(=O)C2=C(CC(C)(C)CC2)c2ccccc21)C(=O)O. The number of carbonyl (C=O) groups is 2. The Bertz CT molecular complexity index is 799. The van der Waals surface area contributed by atoms with Crippen molar-refractivity contribution in [3.8, 4) is 0 Å². The fourth-order valence-corrected chi connectivity index (χ4v) is 3.77. The molecule has 4 heteroatoms. The molecule has 4 nitrogen and oxygen atoms in total. The summed E-state index contributed by atoms with van der Waals surface area (Å²) in [6.45, 7) is 8.09. The van der Waals surface area contributed by atoms with Crippen LogP contribution in [-0.4, -0.2) is 28.6 Å². The molecule has 2 aliphatic rings. The van der Waals surface area contributed by atoms with E-state index in [9.17, 15) is 14.7 Å². The van der Waals surface area contributed by atoms with Crippen molar-refractivity contribution in [3.05, 3.63) is 41.0 Å². The van der Waals surface area contributed by atoms with Gasteiger partial charge in [-0.05, 0) is 41.7 Å². The highest BCUT2D eigenvalue weighted by atomic mass is 16.4. The van der Waals surface area contributed by atoms with Crippen LogP contribution in [0.2, 0.25) is 0 Å². The minimum absolute atomic E-state index is 0.0869. The van der Waals surface area contributed by atoms with Crippen LogP contribution in [0.4, 0.5) is 0 Å². The van der Waals surface area contributed by atoms with Crippen molar-refractivity contribution in [1.82, 2.24) is 0 Å². The second-order valence-electron chi connectivity index (χ2n) is 8.18. The zero-order chi connectivity index (χ0) is 18.4. The van der Waals surface area contributed by atoms with Crippen molar-refractivity contribution in [2.24, 2.45) is 16.3 Å². The molecule has 0 saturated heterocycles. The van der Waals surface area contributed by atoms with Crippen LogP contribution in [0.1, 0.15) is 58.1 Å². The minimum atomic E-state index is -0.989. The van der Waals surface area contributed by atoms with E-state index in [2.05, 4.69) is 18.8 Å². The van der Waals surface area contributed by atoms with Crippen molar-refractivity contribution in [2.75, 3.05) is 0 Å². The highest BCUT2D eigenvalue weighted by molar-refractivity contribution is 6.54. The second kappa shape index (κ2) is 6.25. The highest BCUT2D eigenvalue weighted by Gasteiger charge is 2.37. The van der Waals surface area contributed by atoms with Crippen molar-refractivity contribution < 1.29 is 14.7 Å². The van der Waals surface area contributed by atoms with Crippen LogP contribution in [0.3, 0.4) is 0 Å². The molecule has 0 aliphatic heterocycles. The molecule has 1 N–H and O–H groups in total. The van der Waals surface area contributed by atoms with E-state index in [0.717, 1.165) is 41.5 Å². The van der Waals surface area contributed by atoms with Gasteiger partial charge in [-0.15, -0.1) is 0 Å². The molecule has 0 fully saturated rings. The standard InChI is InChI=1S/C21H25NO3/c1-12(2)17(20(24)25)22-18-14-8-6-5-7-13(14)16-11-21(3,4)10-9-15(16)19(18)23/h5-8,12,17H,9-11H2,1-4H3,(H,24,25)/b22-18-/t17-/m0/s1. The van der Waals surface area contributed by atoms with Gasteiger partial charge in [0.15, 0.2) is 6.04 Å². The molecular weight excluding hydrogens is 314 g/mol. The predicted octanol–water partition coefficient (Wildman–Crippen LogP) is 4.13. The smallest absolute Gasteiger partial charge is 0.328 e. The third kappa shape index (κ3) is 3.17. The molecule has 2 aliphatic carbocycles. The number of nitrogens with zero attached hydrogens (tertiary/aromatic N) is 1. The lowest BCUT2D eigenvalue weighted by atomic mass is 9.68. The number of carbonyl (C=O) groups excluding carboxylic acids is 1. The van der Waals surface area contributed by atoms with Gasteiger partial charge in [0.2, 0.25) is 5.78 Å². The van der Waals surface area contributed by atoms with Gasteiger partial charge < -0.3 is 5.11 Å². The average Bonchev–Trinajstić information content (AvgIpc) is 2.53. The van der Waals surface area contributed by atoms with E-state index < -0.39 is 12.0 Å². The summed E-state index contributed by atoms with van der Waals surface area (Å²) in [6, 6.07) is 6.85. The number of carboxylic acid groups (broad SMARTS) is 1. The first-order valence-corrected chi connectivity index (χ1v) is 8.88. The summed E-state index contributed by atoms with van der Waals surface area (Å²) in [4.78, 5) is 29.1. The molecule has 0 saturated carbocycles. The number of Topliss-reactive ketones (excluding diaryl/α,β-unsaturated/α-hetero) is 1. The molecule has 132 valence electrons. The zero-order valence-electron chi connectivity index (χ0n) is 15.3. The molecule has 3 rings (SSSR count). The summed E-state index contributed by atoms with van der Waals surface area (Å²) in [6.07, 6.45) is 2.55. The van der Waals surface area contributed by atoms with Crippen LogP contribution in [0.5, 0.6) is 0 Å². The maximum absolute atomic E-state index is 13.1. The summed E-state index contributed by atoms with van der Waals surface area (Å²) >= 11 is 0. The summed E-state index contributed by atoms with van der Waals surface area (Å²) in [7, 11) is 0. The van der Waals surface area contributed by atoms with Gasteiger partial charge in [0, 0.05) is 11.1 Å². The monoisotopic (exact) mass is 339 g/mol. The summed E-state index contributed by atoms with van der Waals surface area (Å²) in [5.41, 5.74) is 4.24. The molecule has 0 aromatic heterocycles. The zero-order valence-corrected chi connectivity index (χ0v) is 15.3. The van der Waals surface area contributed by atoms with E-state index in [1.807, 2.05) is 38.1 Å². The Hall–Kier alpha value is -2.23. The molecule has 0 radical (unpaired) electrons. The van der Waals surface area contributed by atoms with Gasteiger partial charge in [0.05, 0.1) is 0 Å². The van der Waals surface area contributed by atoms with Gasteiger partial charge in [-0.25, -0.2) is 4.79 Å². The number of aliphatic imine (C=N–C) groups is 1. The Labute approximate surface area is 148 Å². The van der Waals surface area contributed by atoms with Gasteiger partial charge in [-0.2, -0.15) is 0 Å². The lowest BCUT2D eigenvalue weighted by Crippen LogP contribution is -2.33. The number of aliphatic carboxylic acids is 1. The van der Waals surface area contributed by atoms with Crippen LogP contribution in [0.15, 0.2) is 34.8 Å². The molecule has 0 spiro atoms. The van der Waals surface area contributed by atoms with E-state index in [1.165, 1.54) is 0 Å². The molecule has 1 aromatic rings. The van der Waals surface area contributed by atoms with Gasteiger partial charge >= 0.3 is 5.97 Å². The van der Waals surface area contributed by atoms with E-state index in [4.69, 9.17) is 0 Å². The number of rotatable bonds is 3. The highest BCUT2D eigenvalue weighted by Crippen LogP contribution is 2.46. The molecule has 0 heterocycles. The number of allylic oxidation sites excluding steroid dienone is 2. The lowest BCUT2D eigenvalue weighted by Gasteiger charge is -2.36. The largest absolute Gasteiger partial charge is 0.480 e. The maximum atomic E-state index is 13.1. The number of hydrogen-bond acceptors (Lipinski definition) is 3. The quantitative estimate of drug-likeness (QED) is 0.900. The molecular formula is C21H25NO3. The van der Waals surface area contributed by atoms with E-state index in [0.29, 0.717) is 5.71 Å². The summed E-state index contributed by atoms with van der Waals surface area (Å²) in [5, 5.41) is 9.48. The average molecular weight is 339 g/mol. The summed E-state index contributed by atoms with van der Waals surface area (Å²) in [5.74, 6) is -1.25. The Morgan fingerprint density at radius 3 is 2.40 bits per heavy atom.